The molecule has 0 saturated carbocycles. The summed E-state index contributed by atoms with van der Waals surface area (Å²) in [6.07, 6.45) is 2.47. The molecular formula is C11H21NO3S. The lowest BCUT2D eigenvalue weighted by molar-refractivity contribution is -0.138. The zero-order chi connectivity index (χ0) is 12.6. The van der Waals surface area contributed by atoms with Gasteiger partial charge in [-0.3, -0.25) is 9.59 Å². The molecule has 0 unspecified atom stereocenters. The van der Waals surface area contributed by atoms with Crippen LogP contribution in [0, 0.1) is 5.92 Å². The van der Waals surface area contributed by atoms with Gasteiger partial charge in [-0.25, -0.2) is 0 Å². The zero-order valence-corrected chi connectivity index (χ0v) is 11.0. The van der Waals surface area contributed by atoms with Gasteiger partial charge in [-0.2, -0.15) is 11.8 Å². The van der Waals surface area contributed by atoms with Crippen molar-refractivity contribution < 1.29 is 14.7 Å². The van der Waals surface area contributed by atoms with Crippen molar-refractivity contribution in [2.75, 3.05) is 25.1 Å². The Bertz CT molecular complexity index is 231. The summed E-state index contributed by atoms with van der Waals surface area (Å²) in [5.74, 6) is 0.364. The number of nitrogens with zero attached hydrogens (tertiary/aromatic N) is 1. The third-order valence-corrected chi connectivity index (χ3v) is 2.67. The molecule has 0 saturated heterocycles. The fraction of sp³-hybridized carbons (Fsp3) is 0.818. The molecule has 0 bridgehead atoms. The average Bonchev–Trinajstić information content (AvgIpc) is 2.19. The van der Waals surface area contributed by atoms with E-state index in [9.17, 15) is 9.59 Å². The van der Waals surface area contributed by atoms with Crippen LogP contribution in [-0.2, 0) is 9.59 Å². The Balaban J connectivity index is 4.17. The first kappa shape index (κ1) is 15.3. The maximum atomic E-state index is 11.8. The molecule has 0 atom stereocenters. The van der Waals surface area contributed by atoms with E-state index in [1.165, 1.54) is 0 Å². The molecule has 0 fully saturated rings. The van der Waals surface area contributed by atoms with Crippen LogP contribution in [0.25, 0.3) is 0 Å². The summed E-state index contributed by atoms with van der Waals surface area (Å²) in [5, 5.41) is 8.61. The minimum Gasteiger partial charge on any atom is -0.481 e. The number of carboxylic acid groups (broad SMARTS) is 1. The van der Waals surface area contributed by atoms with E-state index < -0.39 is 5.97 Å². The first-order chi connectivity index (χ1) is 7.47. The number of aliphatic carboxylic acids is 1. The van der Waals surface area contributed by atoms with Crippen molar-refractivity contribution in [3.8, 4) is 0 Å². The number of carbonyl (C=O) groups is 2. The molecule has 1 amide bonds. The number of rotatable bonds is 8. The summed E-state index contributed by atoms with van der Waals surface area (Å²) in [6, 6.07) is 0. The van der Waals surface area contributed by atoms with E-state index in [2.05, 4.69) is 0 Å². The Kier molecular flexibility index (Phi) is 8.07. The van der Waals surface area contributed by atoms with Crippen molar-refractivity contribution in [3.63, 3.8) is 0 Å². The van der Waals surface area contributed by atoms with E-state index in [-0.39, 0.29) is 12.3 Å². The predicted molar refractivity (Wildman–Crippen MR) is 66.7 cm³/mol. The molecule has 0 aromatic carbocycles. The van der Waals surface area contributed by atoms with Gasteiger partial charge in [0.1, 0.15) is 0 Å². The molecule has 0 aliphatic heterocycles. The second-order valence-corrected chi connectivity index (χ2v) is 5.11. The molecule has 0 spiro atoms. The maximum Gasteiger partial charge on any atom is 0.305 e. The normalized spacial score (nSPS) is 10.5. The van der Waals surface area contributed by atoms with E-state index >= 15 is 0 Å². The van der Waals surface area contributed by atoms with Gasteiger partial charge in [-0.15, -0.1) is 0 Å². The first-order valence-corrected chi connectivity index (χ1v) is 6.85. The Morgan fingerprint density at radius 1 is 1.31 bits per heavy atom. The van der Waals surface area contributed by atoms with E-state index in [1.807, 2.05) is 20.1 Å². The third-order valence-electron chi connectivity index (χ3n) is 2.05. The lowest BCUT2D eigenvalue weighted by atomic mass is 10.2. The smallest absolute Gasteiger partial charge is 0.305 e. The van der Waals surface area contributed by atoms with Gasteiger partial charge in [-0.1, -0.05) is 13.8 Å². The van der Waals surface area contributed by atoms with Crippen LogP contribution in [0.5, 0.6) is 0 Å². The van der Waals surface area contributed by atoms with Crippen LogP contribution in [0.4, 0.5) is 0 Å². The van der Waals surface area contributed by atoms with Crippen molar-refractivity contribution in [3.05, 3.63) is 0 Å². The molecule has 0 heterocycles. The zero-order valence-electron chi connectivity index (χ0n) is 10.2. The van der Waals surface area contributed by atoms with Crippen molar-refractivity contribution in [1.82, 2.24) is 4.90 Å². The van der Waals surface area contributed by atoms with Gasteiger partial charge in [0, 0.05) is 25.3 Å². The van der Waals surface area contributed by atoms with Crippen LogP contribution in [-0.4, -0.2) is 47.0 Å². The summed E-state index contributed by atoms with van der Waals surface area (Å²) < 4.78 is 0. The van der Waals surface area contributed by atoms with Gasteiger partial charge in [0.25, 0.3) is 0 Å². The van der Waals surface area contributed by atoms with E-state index in [1.54, 1.807) is 16.7 Å². The molecule has 0 radical (unpaired) electrons. The van der Waals surface area contributed by atoms with Crippen molar-refractivity contribution >= 4 is 23.6 Å². The molecule has 0 aliphatic carbocycles. The molecule has 94 valence electrons. The van der Waals surface area contributed by atoms with Crippen LogP contribution < -0.4 is 0 Å². The quantitative estimate of drug-likeness (QED) is 0.709. The van der Waals surface area contributed by atoms with Crippen LogP contribution in [0.1, 0.15) is 26.7 Å². The number of thioether (sulfide) groups is 1. The van der Waals surface area contributed by atoms with Gasteiger partial charge in [0.15, 0.2) is 0 Å². The first-order valence-electron chi connectivity index (χ1n) is 5.45. The summed E-state index contributed by atoms with van der Waals surface area (Å²) in [6.45, 7) is 5.01. The second-order valence-electron chi connectivity index (χ2n) is 4.12. The lowest BCUT2D eigenvalue weighted by Crippen LogP contribution is -2.36. The molecule has 4 nitrogen and oxygen atoms in total. The van der Waals surface area contributed by atoms with Gasteiger partial charge >= 0.3 is 5.97 Å². The highest BCUT2D eigenvalue weighted by Gasteiger charge is 2.15. The summed E-state index contributed by atoms with van der Waals surface area (Å²) in [5.41, 5.74) is 0. The summed E-state index contributed by atoms with van der Waals surface area (Å²) in [7, 11) is 0. The molecule has 0 rings (SSSR count). The molecule has 0 aromatic rings. The third kappa shape index (κ3) is 7.56. The van der Waals surface area contributed by atoms with Gasteiger partial charge < -0.3 is 10.0 Å². The lowest BCUT2D eigenvalue weighted by Gasteiger charge is -2.23. The minimum atomic E-state index is -0.855. The van der Waals surface area contributed by atoms with Gasteiger partial charge in [-0.05, 0) is 12.2 Å². The molecule has 0 aromatic heterocycles. The highest BCUT2D eigenvalue weighted by molar-refractivity contribution is 7.98. The molecule has 5 heteroatoms. The Morgan fingerprint density at radius 3 is 2.38 bits per heavy atom. The highest BCUT2D eigenvalue weighted by Crippen LogP contribution is 2.05. The SMILES string of the molecule is CSCCC(=O)N(CCC(=O)O)CC(C)C. The molecule has 1 N–H and O–H groups in total. The molecule has 0 aliphatic rings. The Labute approximate surface area is 101 Å². The summed E-state index contributed by atoms with van der Waals surface area (Å²) >= 11 is 1.63. The number of carboxylic acids is 1. The standard InChI is InChI=1S/C11H21NO3S/c1-9(2)8-12(6-4-11(14)15)10(13)5-7-16-3/h9H,4-8H2,1-3H3,(H,14,15). The Morgan fingerprint density at radius 2 is 1.94 bits per heavy atom. The van der Waals surface area contributed by atoms with E-state index in [4.69, 9.17) is 5.11 Å². The van der Waals surface area contributed by atoms with Crippen LogP contribution in [0.15, 0.2) is 0 Å². The topological polar surface area (TPSA) is 57.6 Å². The molecule has 16 heavy (non-hydrogen) atoms. The van der Waals surface area contributed by atoms with Gasteiger partial charge in [0.2, 0.25) is 5.91 Å². The molecular weight excluding hydrogens is 226 g/mol. The highest BCUT2D eigenvalue weighted by atomic mass is 32.2. The van der Waals surface area contributed by atoms with Crippen molar-refractivity contribution in [1.29, 1.82) is 0 Å². The van der Waals surface area contributed by atoms with Crippen LogP contribution in [0.3, 0.4) is 0 Å². The number of hydrogen-bond acceptors (Lipinski definition) is 3. The fourth-order valence-electron chi connectivity index (χ4n) is 1.34. The van der Waals surface area contributed by atoms with Gasteiger partial charge in [0.05, 0.1) is 6.42 Å². The fourth-order valence-corrected chi connectivity index (χ4v) is 1.72. The van der Waals surface area contributed by atoms with Crippen LogP contribution >= 0.6 is 11.8 Å². The average molecular weight is 247 g/mol. The number of hydrogen-bond donors (Lipinski definition) is 1. The van der Waals surface area contributed by atoms with E-state index in [0.29, 0.717) is 25.4 Å². The summed E-state index contributed by atoms with van der Waals surface area (Å²) in [4.78, 5) is 23.9. The number of carbonyl (C=O) groups excluding carboxylic acids is 1. The number of amides is 1. The largest absolute Gasteiger partial charge is 0.481 e. The van der Waals surface area contributed by atoms with Crippen molar-refractivity contribution in [2.24, 2.45) is 5.92 Å². The Hall–Kier alpha value is -0.710. The monoisotopic (exact) mass is 247 g/mol. The minimum absolute atomic E-state index is 0.0255. The predicted octanol–water partition coefficient (Wildman–Crippen LogP) is 1.70. The van der Waals surface area contributed by atoms with Crippen LogP contribution in [0.2, 0.25) is 0 Å². The van der Waals surface area contributed by atoms with E-state index in [0.717, 1.165) is 5.75 Å². The van der Waals surface area contributed by atoms with Crippen molar-refractivity contribution in [2.45, 2.75) is 26.7 Å². The second kappa shape index (κ2) is 8.44. The maximum absolute atomic E-state index is 11.8.